The van der Waals surface area contributed by atoms with E-state index in [2.05, 4.69) is 12.2 Å². The predicted molar refractivity (Wildman–Crippen MR) is 76.8 cm³/mol. The van der Waals surface area contributed by atoms with Gasteiger partial charge in [0, 0.05) is 18.7 Å². The maximum atomic E-state index is 13.5. The van der Waals surface area contributed by atoms with Crippen molar-refractivity contribution >= 4 is 0 Å². The summed E-state index contributed by atoms with van der Waals surface area (Å²) in [6.07, 6.45) is 2.76. The summed E-state index contributed by atoms with van der Waals surface area (Å²) in [5, 5.41) is 23.5. The van der Waals surface area contributed by atoms with Crippen molar-refractivity contribution in [2.45, 2.75) is 44.3 Å². The van der Waals surface area contributed by atoms with E-state index in [1.165, 1.54) is 6.07 Å². The molecule has 1 aliphatic rings. The van der Waals surface area contributed by atoms with Gasteiger partial charge in [-0.3, -0.25) is 0 Å². The smallest absolute Gasteiger partial charge is 0.129 e. The van der Waals surface area contributed by atoms with Crippen molar-refractivity contribution in [1.82, 2.24) is 5.32 Å². The van der Waals surface area contributed by atoms with Gasteiger partial charge in [0.25, 0.3) is 0 Å². The largest absolute Gasteiger partial charge is 0.389 e. The Labute approximate surface area is 119 Å². The zero-order chi connectivity index (χ0) is 14.6. The zero-order valence-electron chi connectivity index (χ0n) is 12.0. The third-order valence-electron chi connectivity index (χ3n) is 4.26. The van der Waals surface area contributed by atoms with Gasteiger partial charge >= 0.3 is 0 Å². The van der Waals surface area contributed by atoms with Gasteiger partial charge in [0.2, 0.25) is 0 Å². The van der Waals surface area contributed by atoms with E-state index in [4.69, 9.17) is 0 Å². The molecule has 112 valence electrons. The molecular formula is C16H24FNO2. The van der Waals surface area contributed by atoms with Crippen molar-refractivity contribution in [3.05, 3.63) is 35.6 Å². The number of benzene rings is 1. The van der Waals surface area contributed by atoms with Crippen LogP contribution in [-0.2, 0) is 0 Å². The predicted octanol–water partition coefficient (Wildman–Crippen LogP) is 2.39. The summed E-state index contributed by atoms with van der Waals surface area (Å²) in [5.41, 5.74) is -0.383. The average Bonchev–Trinajstić information content (AvgIpc) is 2.43. The Balaban J connectivity index is 1.80. The van der Waals surface area contributed by atoms with Crippen LogP contribution in [0, 0.1) is 11.7 Å². The van der Waals surface area contributed by atoms with E-state index < -0.39 is 17.5 Å². The zero-order valence-corrected chi connectivity index (χ0v) is 12.0. The molecular weight excluding hydrogens is 257 g/mol. The van der Waals surface area contributed by atoms with E-state index in [1.54, 1.807) is 18.2 Å². The SMILES string of the molecule is CC1CCC(O)(CNCC(O)c2ccccc2F)CC1. The van der Waals surface area contributed by atoms with Crippen LogP contribution < -0.4 is 5.32 Å². The van der Waals surface area contributed by atoms with Crippen LogP contribution in [0.4, 0.5) is 4.39 Å². The maximum absolute atomic E-state index is 13.5. The minimum Gasteiger partial charge on any atom is -0.389 e. The molecule has 0 bridgehead atoms. The first kappa shape index (κ1) is 15.4. The van der Waals surface area contributed by atoms with E-state index in [1.807, 2.05) is 0 Å². The fourth-order valence-corrected chi connectivity index (χ4v) is 2.77. The molecule has 1 aromatic rings. The normalized spacial score (nSPS) is 28.3. The van der Waals surface area contributed by atoms with Crippen LogP contribution in [-0.4, -0.2) is 28.9 Å². The fraction of sp³-hybridized carbons (Fsp3) is 0.625. The Bertz CT molecular complexity index is 430. The van der Waals surface area contributed by atoms with Gasteiger partial charge in [-0.2, -0.15) is 0 Å². The first-order chi connectivity index (χ1) is 9.50. The quantitative estimate of drug-likeness (QED) is 0.777. The number of hydrogen-bond acceptors (Lipinski definition) is 3. The molecule has 1 unspecified atom stereocenters. The topological polar surface area (TPSA) is 52.5 Å². The molecule has 0 saturated heterocycles. The Kier molecular flexibility index (Phi) is 5.13. The summed E-state index contributed by atoms with van der Waals surface area (Å²) >= 11 is 0. The van der Waals surface area contributed by atoms with Crippen LogP contribution >= 0.6 is 0 Å². The van der Waals surface area contributed by atoms with Crippen molar-refractivity contribution in [1.29, 1.82) is 0 Å². The maximum Gasteiger partial charge on any atom is 0.129 e. The Morgan fingerprint density at radius 3 is 2.65 bits per heavy atom. The fourth-order valence-electron chi connectivity index (χ4n) is 2.77. The molecule has 0 spiro atoms. The highest BCUT2D eigenvalue weighted by Crippen LogP contribution is 2.31. The highest BCUT2D eigenvalue weighted by Gasteiger charge is 2.31. The summed E-state index contributed by atoms with van der Waals surface area (Å²) in [4.78, 5) is 0. The molecule has 4 heteroatoms. The minimum atomic E-state index is -0.887. The van der Waals surface area contributed by atoms with Crippen molar-refractivity contribution in [3.63, 3.8) is 0 Å². The molecule has 1 aliphatic carbocycles. The molecule has 0 heterocycles. The summed E-state index contributed by atoms with van der Waals surface area (Å²) in [6, 6.07) is 6.23. The van der Waals surface area contributed by atoms with Crippen LogP contribution in [0.5, 0.6) is 0 Å². The van der Waals surface area contributed by atoms with Gasteiger partial charge in [0.1, 0.15) is 5.82 Å². The molecule has 0 aromatic heterocycles. The first-order valence-electron chi connectivity index (χ1n) is 7.36. The molecule has 1 aromatic carbocycles. The summed E-state index contributed by atoms with van der Waals surface area (Å²) in [6.45, 7) is 2.90. The van der Waals surface area contributed by atoms with Crippen molar-refractivity contribution in [2.24, 2.45) is 5.92 Å². The lowest BCUT2D eigenvalue weighted by Crippen LogP contribution is -2.44. The number of rotatable bonds is 5. The minimum absolute atomic E-state index is 0.249. The van der Waals surface area contributed by atoms with E-state index in [0.717, 1.165) is 25.7 Å². The van der Waals surface area contributed by atoms with Gasteiger partial charge < -0.3 is 15.5 Å². The summed E-state index contributed by atoms with van der Waals surface area (Å²) in [7, 11) is 0. The monoisotopic (exact) mass is 281 g/mol. The average molecular weight is 281 g/mol. The standard InChI is InChI=1S/C16H24FNO2/c1-12-6-8-16(20,9-7-12)11-18-10-15(19)13-4-2-3-5-14(13)17/h2-5,12,15,18-20H,6-11H2,1H3. The molecule has 3 N–H and O–H groups in total. The molecule has 1 saturated carbocycles. The number of hydrogen-bond donors (Lipinski definition) is 3. The molecule has 0 aliphatic heterocycles. The van der Waals surface area contributed by atoms with Crippen molar-refractivity contribution < 1.29 is 14.6 Å². The molecule has 0 radical (unpaired) electrons. The van der Waals surface area contributed by atoms with Gasteiger partial charge in [-0.1, -0.05) is 25.1 Å². The third kappa shape index (κ3) is 4.01. The Morgan fingerprint density at radius 1 is 1.35 bits per heavy atom. The second-order valence-electron chi connectivity index (χ2n) is 6.08. The summed E-state index contributed by atoms with van der Waals surface area (Å²) in [5.74, 6) is 0.284. The van der Waals surface area contributed by atoms with E-state index in [-0.39, 0.29) is 6.54 Å². The van der Waals surface area contributed by atoms with Gasteiger partial charge in [-0.15, -0.1) is 0 Å². The van der Waals surface area contributed by atoms with E-state index in [9.17, 15) is 14.6 Å². The number of halogens is 1. The first-order valence-corrected chi connectivity index (χ1v) is 7.36. The van der Waals surface area contributed by atoms with Gasteiger partial charge in [0.05, 0.1) is 11.7 Å². The molecule has 1 fully saturated rings. The lowest BCUT2D eigenvalue weighted by Gasteiger charge is -2.35. The number of aliphatic hydroxyl groups excluding tert-OH is 1. The lowest BCUT2D eigenvalue weighted by molar-refractivity contribution is -0.00809. The molecule has 3 nitrogen and oxygen atoms in total. The van der Waals surface area contributed by atoms with E-state index >= 15 is 0 Å². The van der Waals surface area contributed by atoms with Crippen molar-refractivity contribution in [3.8, 4) is 0 Å². The van der Waals surface area contributed by atoms with Crippen LogP contribution in [0.15, 0.2) is 24.3 Å². The Morgan fingerprint density at radius 2 is 2.00 bits per heavy atom. The molecule has 20 heavy (non-hydrogen) atoms. The van der Waals surface area contributed by atoms with Crippen LogP contribution in [0.2, 0.25) is 0 Å². The number of nitrogens with one attached hydrogen (secondary N) is 1. The summed E-state index contributed by atoms with van der Waals surface area (Å²) < 4.78 is 13.5. The van der Waals surface area contributed by atoms with Crippen LogP contribution in [0.1, 0.15) is 44.3 Å². The molecule has 1 atom stereocenters. The van der Waals surface area contributed by atoms with E-state index in [0.29, 0.717) is 18.0 Å². The lowest BCUT2D eigenvalue weighted by atomic mass is 9.79. The highest BCUT2D eigenvalue weighted by atomic mass is 19.1. The van der Waals surface area contributed by atoms with Crippen molar-refractivity contribution in [2.75, 3.05) is 13.1 Å². The van der Waals surface area contributed by atoms with Gasteiger partial charge in [-0.05, 0) is 37.7 Å². The highest BCUT2D eigenvalue weighted by molar-refractivity contribution is 5.19. The number of aliphatic hydroxyl groups is 2. The van der Waals surface area contributed by atoms with Crippen LogP contribution in [0.3, 0.4) is 0 Å². The second kappa shape index (κ2) is 6.66. The third-order valence-corrected chi connectivity index (χ3v) is 4.26. The molecule has 0 amide bonds. The van der Waals surface area contributed by atoms with Crippen LogP contribution in [0.25, 0.3) is 0 Å². The van der Waals surface area contributed by atoms with Gasteiger partial charge in [-0.25, -0.2) is 4.39 Å². The second-order valence-corrected chi connectivity index (χ2v) is 6.08. The van der Waals surface area contributed by atoms with Gasteiger partial charge in [0.15, 0.2) is 0 Å². The Hall–Kier alpha value is -0.970. The molecule has 2 rings (SSSR count).